The molecule has 0 aromatic heterocycles. The van der Waals surface area contributed by atoms with Crippen molar-refractivity contribution in [3.63, 3.8) is 0 Å². The van der Waals surface area contributed by atoms with E-state index in [2.05, 4.69) is 5.32 Å². The number of amides is 1. The van der Waals surface area contributed by atoms with Crippen LogP contribution in [0, 0.1) is 11.3 Å². The number of aromatic hydroxyl groups is 1. The summed E-state index contributed by atoms with van der Waals surface area (Å²) in [6, 6.07) is 11.5. The van der Waals surface area contributed by atoms with Gasteiger partial charge in [0.1, 0.15) is 24.9 Å². The number of hydrogen-bond acceptors (Lipinski definition) is 6. The summed E-state index contributed by atoms with van der Waals surface area (Å²) < 4.78 is 16.2. The van der Waals surface area contributed by atoms with Crippen LogP contribution in [0.25, 0.3) is 6.08 Å². The number of hydrogen-bond donors (Lipinski definition) is 2. The molecule has 2 N–H and O–H groups in total. The van der Waals surface area contributed by atoms with Crippen molar-refractivity contribution >= 4 is 17.7 Å². The zero-order chi connectivity index (χ0) is 19.2. The average Bonchev–Trinajstić information content (AvgIpc) is 2.68. The quantitative estimate of drug-likeness (QED) is 0.623. The minimum absolute atomic E-state index is 0.00626. The number of nitrogens with one attached hydrogen (secondary N) is 1. The second kappa shape index (κ2) is 8.15. The summed E-state index contributed by atoms with van der Waals surface area (Å²) in [5.41, 5.74) is 0.967. The van der Waals surface area contributed by atoms with Crippen LogP contribution < -0.4 is 19.5 Å². The van der Waals surface area contributed by atoms with Gasteiger partial charge in [-0.15, -0.1) is 0 Å². The summed E-state index contributed by atoms with van der Waals surface area (Å²) in [7, 11) is 0. The first-order valence-corrected chi connectivity index (χ1v) is 8.39. The van der Waals surface area contributed by atoms with Crippen LogP contribution in [-0.4, -0.2) is 30.8 Å². The molecule has 138 valence electrons. The van der Waals surface area contributed by atoms with Gasteiger partial charge >= 0.3 is 0 Å². The molecule has 7 heteroatoms. The molecule has 0 unspecified atom stereocenters. The van der Waals surface area contributed by atoms with E-state index in [1.165, 1.54) is 12.1 Å². The summed E-state index contributed by atoms with van der Waals surface area (Å²) in [5, 5.41) is 21.8. The number of carbonyl (C=O) groups excluding carboxylic acids is 1. The Kier molecular flexibility index (Phi) is 5.47. The third-order valence-corrected chi connectivity index (χ3v) is 3.76. The van der Waals surface area contributed by atoms with Crippen LogP contribution in [0.4, 0.5) is 5.69 Å². The molecule has 1 heterocycles. The van der Waals surface area contributed by atoms with E-state index in [1.54, 1.807) is 37.3 Å². The van der Waals surface area contributed by atoms with Gasteiger partial charge < -0.3 is 24.6 Å². The molecule has 0 spiro atoms. The first kappa shape index (κ1) is 18.1. The minimum Gasteiger partial charge on any atom is -0.504 e. The summed E-state index contributed by atoms with van der Waals surface area (Å²) in [6.45, 7) is 3.10. The number of ether oxygens (including phenoxy) is 3. The number of nitrogens with zero attached hydrogens (tertiary/aromatic N) is 1. The number of carbonyl (C=O) groups is 1. The standard InChI is InChI=1S/C20H18N2O5/c1-2-25-18-10-13(3-5-16(18)23)9-14(12-21)20(24)22-15-4-6-17-19(11-15)27-8-7-26-17/h3-6,9-11,23H,2,7-8H2,1H3,(H,22,24)/b14-9+. The Bertz CT molecular complexity index is 930. The third kappa shape index (κ3) is 4.30. The molecule has 1 amide bonds. The lowest BCUT2D eigenvalue weighted by atomic mass is 10.1. The van der Waals surface area contributed by atoms with Crippen molar-refractivity contribution in [3.8, 4) is 29.1 Å². The van der Waals surface area contributed by atoms with Gasteiger partial charge in [0.25, 0.3) is 5.91 Å². The number of benzene rings is 2. The summed E-state index contributed by atoms with van der Waals surface area (Å²) >= 11 is 0. The number of nitriles is 1. The Morgan fingerprint density at radius 2 is 2.04 bits per heavy atom. The van der Waals surface area contributed by atoms with Gasteiger partial charge in [-0.05, 0) is 42.8 Å². The van der Waals surface area contributed by atoms with Crippen LogP contribution in [0.5, 0.6) is 23.0 Å². The first-order valence-electron chi connectivity index (χ1n) is 8.39. The van der Waals surface area contributed by atoms with Crippen molar-refractivity contribution in [3.05, 3.63) is 47.5 Å². The fraction of sp³-hybridized carbons (Fsp3) is 0.200. The number of anilines is 1. The van der Waals surface area contributed by atoms with E-state index >= 15 is 0 Å². The molecule has 7 nitrogen and oxygen atoms in total. The van der Waals surface area contributed by atoms with Crippen LogP contribution in [0.1, 0.15) is 12.5 Å². The van der Waals surface area contributed by atoms with Gasteiger partial charge in [0.2, 0.25) is 0 Å². The second-order valence-electron chi connectivity index (χ2n) is 5.64. The minimum atomic E-state index is -0.555. The van der Waals surface area contributed by atoms with Gasteiger partial charge in [-0.1, -0.05) is 6.07 Å². The number of phenols is 1. The van der Waals surface area contributed by atoms with Gasteiger partial charge in [0, 0.05) is 11.8 Å². The fourth-order valence-corrected chi connectivity index (χ4v) is 2.53. The average molecular weight is 366 g/mol. The molecule has 0 saturated carbocycles. The molecule has 2 aromatic rings. The Hall–Kier alpha value is -3.66. The van der Waals surface area contributed by atoms with Crippen molar-refractivity contribution in [2.24, 2.45) is 0 Å². The molecular weight excluding hydrogens is 348 g/mol. The Morgan fingerprint density at radius 3 is 2.78 bits per heavy atom. The maximum Gasteiger partial charge on any atom is 0.266 e. The van der Waals surface area contributed by atoms with Crippen LogP contribution in [0.2, 0.25) is 0 Å². The highest BCUT2D eigenvalue weighted by atomic mass is 16.6. The maximum atomic E-state index is 12.4. The monoisotopic (exact) mass is 366 g/mol. The zero-order valence-electron chi connectivity index (χ0n) is 14.7. The van der Waals surface area contributed by atoms with Crippen LogP contribution in [0.15, 0.2) is 42.0 Å². The van der Waals surface area contributed by atoms with E-state index in [1.807, 2.05) is 6.07 Å². The smallest absolute Gasteiger partial charge is 0.266 e. The molecule has 1 aliphatic heterocycles. The van der Waals surface area contributed by atoms with Gasteiger partial charge in [0.15, 0.2) is 23.0 Å². The molecule has 1 aliphatic rings. The topological polar surface area (TPSA) is 101 Å². The number of phenolic OH excluding ortho intramolecular Hbond substituents is 1. The SMILES string of the molecule is CCOc1cc(/C=C(\C#N)C(=O)Nc2ccc3c(c2)OCCO3)ccc1O. The van der Waals surface area contributed by atoms with E-state index in [-0.39, 0.29) is 17.1 Å². The van der Waals surface area contributed by atoms with E-state index in [9.17, 15) is 15.2 Å². The summed E-state index contributed by atoms with van der Waals surface area (Å²) in [5.74, 6) is 0.883. The molecule has 0 radical (unpaired) electrons. The second-order valence-corrected chi connectivity index (χ2v) is 5.64. The molecule has 2 aromatic carbocycles. The van der Waals surface area contributed by atoms with Crippen LogP contribution >= 0.6 is 0 Å². The zero-order valence-corrected chi connectivity index (χ0v) is 14.7. The van der Waals surface area contributed by atoms with Gasteiger partial charge in [0.05, 0.1) is 6.61 Å². The molecule has 0 atom stereocenters. The maximum absolute atomic E-state index is 12.4. The molecule has 3 rings (SSSR count). The molecule has 0 saturated heterocycles. The highest BCUT2D eigenvalue weighted by Gasteiger charge is 2.15. The predicted octanol–water partition coefficient (Wildman–Crippen LogP) is 3.11. The Balaban J connectivity index is 1.79. The van der Waals surface area contributed by atoms with Gasteiger partial charge in [-0.25, -0.2) is 0 Å². The number of rotatable bonds is 5. The van der Waals surface area contributed by atoms with Crippen molar-refractivity contribution in [1.82, 2.24) is 0 Å². The molecule has 0 bridgehead atoms. The molecule has 27 heavy (non-hydrogen) atoms. The largest absolute Gasteiger partial charge is 0.504 e. The molecule has 0 fully saturated rings. The van der Waals surface area contributed by atoms with E-state index < -0.39 is 5.91 Å². The lowest BCUT2D eigenvalue weighted by Gasteiger charge is -2.18. The highest BCUT2D eigenvalue weighted by molar-refractivity contribution is 6.09. The normalized spacial score (nSPS) is 12.8. The molecule has 0 aliphatic carbocycles. The van der Waals surface area contributed by atoms with Gasteiger partial charge in [-0.3, -0.25) is 4.79 Å². The third-order valence-electron chi connectivity index (χ3n) is 3.76. The van der Waals surface area contributed by atoms with Crippen molar-refractivity contribution in [2.45, 2.75) is 6.92 Å². The Morgan fingerprint density at radius 1 is 1.26 bits per heavy atom. The van der Waals surface area contributed by atoms with Gasteiger partial charge in [-0.2, -0.15) is 5.26 Å². The summed E-state index contributed by atoms with van der Waals surface area (Å²) in [4.78, 5) is 12.4. The fourth-order valence-electron chi connectivity index (χ4n) is 2.53. The van der Waals surface area contributed by atoms with Crippen molar-refractivity contribution < 1.29 is 24.1 Å². The Labute approximate surface area is 156 Å². The highest BCUT2D eigenvalue weighted by Crippen LogP contribution is 2.33. The van der Waals surface area contributed by atoms with E-state index in [0.717, 1.165) is 0 Å². The number of fused-ring (bicyclic) bond motifs is 1. The predicted molar refractivity (Wildman–Crippen MR) is 98.9 cm³/mol. The molecular formula is C20H18N2O5. The first-order chi connectivity index (χ1) is 13.1. The van der Waals surface area contributed by atoms with E-state index in [0.29, 0.717) is 42.6 Å². The van der Waals surface area contributed by atoms with Crippen molar-refractivity contribution in [1.29, 1.82) is 5.26 Å². The van der Waals surface area contributed by atoms with Crippen LogP contribution in [-0.2, 0) is 4.79 Å². The lowest BCUT2D eigenvalue weighted by Crippen LogP contribution is -2.17. The van der Waals surface area contributed by atoms with Crippen molar-refractivity contribution in [2.75, 3.05) is 25.1 Å². The lowest BCUT2D eigenvalue weighted by molar-refractivity contribution is -0.112. The van der Waals surface area contributed by atoms with Crippen LogP contribution in [0.3, 0.4) is 0 Å². The van der Waals surface area contributed by atoms with E-state index in [4.69, 9.17) is 14.2 Å². The summed E-state index contributed by atoms with van der Waals surface area (Å²) in [6.07, 6.45) is 1.43.